The van der Waals surface area contributed by atoms with Crippen LogP contribution in [0.4, 0.5) is 5.82 Å². The summed E-state index contributed by atoms with van der Waals surface area (Å²) in [5.74, 6) is 1.52. The number of nitrogens with one attached hydrogen (secondary N) is 1. The van der Waals surface area contributed by atoms with Gasteiger partial charge in [0.25, 0.3) is 0 Å². The number of fused-ring (bicyclic) bond motifs is 4. The molecule has 3 saturated heterocycles. The van der Waals surface area contributed by atoms with Gasteiger partial charge in [-0.3, -0.25) is 4.90 Å². The SMILES string of the molecule is Cc1ccc2c(N[C@H]3C4CCN(CC4)C3(C)C)noc2c1Cl. The molecule has 1 aromatic heterocycles. The van der Waals surface area contributed by atoms with Gasteiger partial charge in [0.2, 0.25) is 0 Å². The fourth-order valence-electron chi connectivity index (χ4n) is 4.20. The molecule has 1 atom stereocenters. The fraction of sp³-hybridized carbons (Fsp3) is 0.588. The third kappa shape index (κ3) is 1.97. The van der Waals surface area contributed by atoms with Crippen molar-refractivity contribution >= 4 is 28.4 Å². The number of benzene rings is 1. The van der Waals surface area contributed by atoms with Crippen molar-refractivity contribution in [3.8, 4) is 0 Å². The molecule has 4 heterocycles. The lowest BCUT2D eigenvalue weighted by Gasteiger charge is -2.56. The van der Waals surface area contributed by atoms with Gasteiger partial charge in [-0.2, -0.15) is 0 Å². The van der Waals surface area contributed by atoms with Crippen LogP contribution in [0.2, 0.25) is 5.02 Å². The summed E-state index contributed by atoms with van der Waals surface area (Å²) in [5.41, 5.74) is 1.84. The maximum Gasteiger partial charge on any atom is 0.187 e. The van der Waals surface area contributed by atoms with Crippen molar-refractivity contribution in [2.75, 3.05) is 18.4 Å². The summed E-state index contributed by atoms with van der Waals surface area (Å²) in [4.78, 5) is 2.59. The van der Waals surface area contributed by atoms with Crippen molar-refractivity contribution in [3.63, 3.8) is 0 Å². The maximum atomic E-state index is 6.33. The van der Waals surface area contributed by atoms with Crippen molar-refractivity contribution in [1.29, 1.82) is 0 Å². The van der Waals surface area contributed by atoms with E-state index in [0.717, 1.165) is 16.8 Å². The van der Waals surface area contributed by atoms with Gasteiger partial charge in [-0.1, -0.05) is 22.8 Å². The Morgan fingerprint density at radius 1 is 1.32 bits per heavy atom. The summed E-state index contributed by atoms with van der Waals surface area (Å²) in [6, 6.07) is 4.46. The highest BCUT2D eigenvalue weighted by Crippen LogP contribution is 2.41. The number of rotatable bonds is 2. The van der Waals surface area contributed by atoms with Crippen molar-refractivity contribution in [1.82, 2.24) is 10.1 Å². The molecule has 1 aromatic carbocycles. The second-order valence-electron chi connectivity index (χ2n) is 7.20. The van der Waals surface area contributed by atoms with Gasteiger partial charge in [-0.05, 0) is 64.3 Å². The van der Waals surface area contributed by atoms with E-state index in [1.807, 2.05) is 19.1 Å². The molecule has 3 fully saturated rings. The van der Waals surface area contributed by atoms with Crippen LogP contribution in [0.1, 0.15) is 32.3 Å². The minimum absolute atomic E-state index is 0.140. The number of anilines is 1. The second-order valence-corrected chi connectivity index (χ2v) is 7.58. The van der Waals surface area contributed by atoms with Gasteiger partial charge in [-0.15, -0.1) is 0 Å². The molecular weight excluding hydrogens is 298 g/mol. The summed E-state index contributed by atoms with van der Waals surface area (Å²) in [5, 5.41) is 9.55. The predicted molar refractivity (Wildman–Crippen MR) is 89.5 cm³/mol. The average molecular weight is 320 g/mol. The molecule has 2 aromatic rings. The minimum Gasteiger partial charge on any atom is -0.362 e. The van der Waals surface area contributed by atoms with E-state index in [-0.39, 0.29) is 5.54 Å². The third-order valence-electron chi connectivity index (χ3n) is 5.65. The number of piperidine rings is 3. The number of aryl methyl sites for hydroxylation is 1. The van der Waals surface area contributed by atoms with Crippen LogP contribution in [0.25, 0.3) is 11.0 Å². The van der Waals surface area contributed by atoms with E-state index in [1.165, 1.54) is 25.9 Å². The lowest BCUT2D eigenvalue weighted by atomic mass is 9.72. The van der Waals surface area contributed by atoms with Gasteiger partial charge in [-0.25, -0.2) is 0 Å². The van der Waals surface area contributed by atoms with E-state index in [9.17, 15) is 0 Å². The molecule has 3 aliphatic heterocycles. The van der Waals surface area contributed by atoms with Gasteiger partial charge in [0.1, 0.15) is 0 Å². The molecule has 0 amide bonds. The third-order valence-corrected chi connectivity index (χ3v) is 6.12. The van der Waals surface area contributed by atoms with Crippen molar-refractivity contribution in [2.24, 2.45) is 5.92 Å². The van der Waals surface area contributed by atoms with Crippen LogP contribution in [0.3, 0.4) is 0 Å². The number of halogens is 1. The van der Waals surface area contributed by atoms with Crippen molar-refractivity contribution < 1.29 is 4.52 Å². The highest BCUT2D eigenvalue weighted by molar-refractivity contribution is 6.35. The van der Waals surface area contributed by atoms with Crippen molar-refractivity contribution in [3.05, 3.63) is 22.7 Å². The van der Waals surface area contributed by atoms with E-state index >= 15 is 0 Å². The Morgan fingerprint density at radius 3 is 2.73 bits per heavy atom. The highest BCUT2D eigenvalue weighted by atomic mass is 35.5. The number of hydrogen-bond acceptors (Lipinski definition) is 4. The summed E-state index contributed by atoms with van der Waals surface area (Å²) in [6.07, 6.45) is 2.52. The molecule has 4 nitrogen and oxygen atoms in total. The topological polar surface area (TPSA) is 41.3 Å². The van der Waals surface area contributed by atoms with E-state index in [2.05, 4.69) is 29.2 Å². The number of nitrogens with zero attached hydrogens (tertiary/aromatic N) is 2. The molecule has 0 spiro atoms. The molecule has 0 unspecified atom stereocenters. The van der Waals surface area contributed by atoms with E-state index < -0.39 is 0 Å². The molecule has 0 aliphatic carbocycles. The molecule has 5 rings (SSSR count). The maximum absolute atomic E-state index is 6.33. The highest BCUT2D eigenvalue weighted by Gasteiger charge is 2.47. The Hall–Kier alpha value is -1.26. The molecular formula is C17H22ClN3O. The Balaban J connectivity index is 1.70. The first-order valence-electron chi connectivity index (χ1n) is 8.04. The summed E-state index contributed by atoms with van der Waals surface area (Å²) in [7, 11) is 0. The van der Waals surface area contributed by atoms with Crippen LogP contribution in [0, 0.1) is 12.8 Å². The molecule has 5 heteroatoms. The van der Waals surface area contributed by atoms with Gasteiger partial charge in [0.15, 0.2) is 11.4 Å². The molecule has 0 radical (unpaired) electrons. The average Bonchev–Trinajstić information content (AvgIpc) is 2.91. The van der Waals surface area contributed by atoms with Gasteiger partial charge in [0.05, 0.1) is 10.4 Å². The van der Waals surface area contributed by atoms with Gasteiger partial charge >= 0.3 is 0 Å². The smallest absolute Gasteiger partial charge is 0.187 e. The summed E-state index contributed by atoms with van der Waals surface area (Å²) >= 11 is 6.33. The Bertz CT molecular complexity index is 716. The van der Waals surface area contributed by atoms with E-state index in [0.29, 0.717) is 22.6 Å². The van der Waals surface area contributed by atoms with Crippen molar-refractivity contribution in [2.45, 2.75) is 45.2 Å². The Kier molecular flexibility index (Phi) is 3.17. The van der Waals surface area contributed by atoms with Crippen LogP contribution < -0.4 is 5.32 Å². The Morgan fingerprint density at radius 2 is 2.05 bits per heavy atom. The lowest BCUT2D eigenvalue weighted by molar-refractivity contribution is -0.0189. The van der Waals surface area contributed by atoms with Crippen LogP contribution in [0.15, 0.2) is 16.7 Å². The van der Waals surface area contributed by atoms with Crippen LogP contribution in [-0.4, -0.2) is 34.7 Å². The fourth-order valence-corrected chi connectivity index (χ4v) is 4.40. The largest absolute Gasteiger partial charge is 0.362 e. The number of aromatic nitrogens is 1. The number of hydrogen-bond donors (Lipinski definition) is 1. The van der Waals surface area contributed by atoms with E-state index in [1.54, 1.807) is 0 Å². The second kappa shape index (κ2) is 4.87. The summed E-state index contributed by atoms with van der Waals surface area (Å²) < 4.78 is 5.49. The minimum atomic E-state index is 0.140. The predicted octanol–water partition coefficient (Wildman–Crippen LogP) is 4.07. The molecule has 118 valence electrons. The molecule has 0 saturated carbocycles. The normalized spacial score (nSPS) is 29.9. The standard InChI is InChI=1S/C17H22ClN3O/c1-10-4-5-12-14(13(10)18)22-20-16(12)19-15-11-6-8-21(9-7-11)17(15,2)3/h4-5,11,15H,6-9H2,1-3H3,(H,19,20)/t15-/m0/s1. The first-order chi connectivity index (χ1) is 10.5. The quantitative estimate of drug-likeness (QED) is 0.905. The first-order valence-corrected chi connectivity index (χ1v) is 8.42. The molecule has 1 N–H and O–H groups in total. The zero-order valence-electron chi connectivity index (χ0n) is 13.3. The van der Waals surface area contributed by atoms with E-state index in [4.69, 9.17) is 16.1 Å². The van der Waals surface area contributed by atoms with Crippen LogP contribution >= 0.6 is 11.6 Å². The Labute approximate surface area is 135 Å². The molecule has 22 heavy (non-hydrogen) atoms. The zero-order valence-corrected chi connectivity index (χ0v) is 14.1. The van der Waals surface area contributed by atoms with Gasteiger partial charge in [0, 0.05) is 11.6 Å². The summed E-state index contributed by atoms with van der Waals surface area (Å²) in [6.45, 7) is 9.06. The lowest BCUT2D eigenvalue weighted by Crippen LogP contribution is -2.66. The van der Waals surface area contributed by atoms with Gasteiger partial charge < -0.3 is 9.84 Å². The monoisotopic (exact) mass is 319 g/mol. The molecule has 3 aliphatic rings. The zero-order chi connectivity index (χ0) is 15.5. The molecule has 2 bridgehead atoms. The van der Waals surface area contributed by atoms with Crippen LogP contribution in [-0.2, 0) is 0 Å². The first kappa shape index (κ1) is 14.3. The van der Waals surface area contributed by atoms with Crippen LogP contribution in [0.5, 0.6) is 0 Å².